The minimum atomic E-state index is -3.54. The maximum atomic E-state index is 12.9. The summed E-state index contributed by atoms with van der Waals surface area (Å²) in [5, 5.41) is 5.01. The van der Waals surface area contributed by atoms with Gasteiger partial charge in [0.2, 0.25) is 10.0 Å². The minimum absolute atomic E-state index is 0.206. The lowest BCUT2D eigenvalue weighted by Gasteiger charge is -2.30. The van der Waals surface area contributed by atoms with Crippen LogP contribution in [0.4, 0.5) is 5.13 Å². The summed E-state index contributed by atoms with van der Waals surface area (Å²) in [7, 11) is -3.54. The molecule has 7 nitrogen and oxygen atoms in total. The van der Waals surface area contributed by atoms with Gasteiger partial charge in [-0.3, -0.25) is 10.1 Å². The molecule has 1 saturated heterocycles. The van der Waals surface area contributed by atoms with Crippen LogP contribution in [-0.4, -0.2) is 36.7 Å². The molecule has 158 valence electrons. The fraction of sp³-hybridized carbons (Fsp3) is 0.333. The highest BCUT2D eigenvalue weighted by Crippen LogP contribution is 2.27. The summed E-state index contributed by atoms with van der Waals surface area (Å²) in [6.07, 6.45) is 1.91. The number of hydrogen-bond acceptors (Lipinski definition) is 6. The van der Waals surface area contributed by atoms with Crippen LogP contribution in [0.15, 0.2) is 51.1 Å². The molecule has 1 aromatic carbocycles. The van der Waals surface area contributed by atoms with Crippen LogP contribution in [-0.2, 0) is 10.0 Å². The molecule has 2 aromatic heterocycles. The largest absolute Gasteiger partial charge is 0.460 e. The smallest absolute Gasteiger partial charge is 0.257 e. The lowest BCUT2D eigenvalue weighted by atomic mass is 10.0. The van der Waals surface area contributed by atoms with Crippen molar-refractivity contribution in [3.05, 3.63) is 53.1 Å². The van der Waals surface area contributed by atoms with Crippen molar-refractivity contribution < 1.29 is 17.6 Å². The number of hydrogen-bond donors (Lipinski definition) is 1. The second-order valence-corrected chi connectivity index (χ2v) is 10.3. The maximum Gasteiger partial charge on any atom is 0.257 e. The molecule has 0 radical (unpaired) electrons. The predicted octanol–water partition coefficient (Wildman–Crippen LogP) is 4.38. The lowest BCUT2D eigenvalue weighted by Crippen LogP contribution is -2.39. The number of benzene rings is 1. The highest BCUT2D eigenvalue weighted by atomic mass is 32.2. The number of nitrogens with one attached hydrogen (secondary N) is 1. The van der Waals surface area contributed by atoms with Crippen LogP contribution in [0.3, 0.4) is 0 Å². The van der Waals surface area contributed by atoms with Crippen LogP contribution in [0.25, 0.3) is 11.5 Å². The first-order valence-electron chi connectivity index (χ1n) is 9.77. The topological polar surface area (TPSA) is 92.5 Å². The van der Waals surface area contributed by atoms with Gasteiger partial charge in [0, 0.05) is 24.0 Å². The van der Waals surface area contributed by atoms with Gasteiger partial charge in [0.05, 0.1) is 4.90 Å². The number of rotatable bonds is 5. The Morgan fingerprint density at radius 2 is 2.00 bits per heavy atom. The molecule has 4 rings (SSSR count). The zero-order valence-corrected chi connectivity index (χ0v) is 18.4. The van der Waals surface area contributed by atoms with Gasteiger partial charge in [0.25, 0.3) is 5.91 Å². The van der Waals surface area contributed by atoms with E-state index in [4.69, 9.17) is 4.42 Å². The van der Waals surface area contributed by atoms with Crippen molar-refractivity contribution in [2.45, 2.75) is 31.6 Å². The molecule has 1 amide bonds. The molecule has 0 spiro atoms. The van der Waals surface area contributed by atoms with E-state index >= 15 is 0 Å². The van der Waals surface area contributed by atoms with Gasteiger partial charge in [-0.25, -0.2) is 13.4 Å². The third kappa shape index (κ3) is 4.33. The Labute approximate surface area is 179 Å². The summed E-state index contributed by atoms with van der Waals surface area (Å²) in [6, 6.07) is 9.72. The molecule has 0 unspecified atom stereocenters. The van der Waals surface area contributed by atoms with E-state index in [9.17, 15) is 13.2 Å². The first-order valence-corrected chi connectivity index (χ1v) is 12.1. The Kier molecular flexibility index (Phi) is 5.77. The molecule has 0 saturated carbocycles. The van der Waals surface area contributed by atoms with Gasteiger partial charge in [-0.2, -0.15) is 4.31 Å². The van der Waals surface area contributed by atoms with Gasteiger partial charge in [0.15, 0.2) is 10.9 Å². The van der Waals surface area contributed by atoms with E-state index < -0.39 is 10.0 Å². The van der Waals surface area contributed by atoms with Gasteiger partial charge in [-0.15, -0.1) is 11.3 Å². The van der Waals surface area contributed by atoms with Crippen molar-refractivity contribution in [2.24, 2.45) is 5.92 Å². The third-order valence-electron chi connectivity index (χ3n) is 5.09. The molecular weight excluding hydrogens is 422 g/mol. The van der Waals surface area contributed by atoms with Crippen LogP contribution < -0.4 is 5.32 Å². The Morgan fingerprint density at radius 1 is 1.23 bits per heavy atom. The third-order valence-corrected chi connectivity index (χ3v) is 7.73. The minimum Gasteiger partial charge on any atom is -0.460 e. The molecule has 3 aromatic rings. The molecule has 1 aliphatic heterocycles. The molecular formula is C21H23N3O4S2. The van der Waals surface area contributed by atoms with E-state index in [-0.39, 0.29) is 10.8 Å². The molecule has 30 heavy (non-hydrogen) atoms. The summed E-state index contributed by atoms with van der Waals surface area (Å²) in [6.45, 7) is 4.99. The summed E-state index contributed by atoms with van der Waals surface area (Å²) < 4.78 is 32.8. The second kappa shape index (κ2) is 8.33. The summed E-state index contributed by atoms with van der Waals surface area (Å²) in [4.78, 5) is 17.1. The number of sulfonamides is 1. The maximum absolute atomic E-state index is 12.9. The first kappa shape index (κ1) is 20.8. The van der Waals surface area contributed by atoms with Crippen molar-refractivity contribution in [1.29, 1.82) is 0 Å². The van der Waals surface area contributed by atoms with Crippen molar-refractivity contribution in [2.75, 3.05) is 18.4 Å². The normalized spacial score (nSPS) is 17.7. The summed E-state index contributed by atoms with van der Waals surface area (Å²) in [5.41, 5.74) is 1.02. The summed E-state index contributed by atoms with van der Waals surface area (Å²) in [5.74, 6) is 1.44. The Bertz CT molecular complexity index is 1150. The molecule has 0 bridgehead atoms. The monoisotopic (exact) mass is 445 g/mol. The highest BCUT2D eigenvalue weighted by Gasteiger charge is 2.28. The molecule has 9 heteroatoms. The number of carbonyl (C=O) groups is 1. The van der Waals surface area contributed by atoms with E-state index in [0.717, 1.165) is 18.6 Å². The quantitative estimate of drug-likeness (QED) is 0.629. The molecule has 0 aliphatic carbocycles. The first-order chi connectivity index (χ1) is 14.3. The SMILES string of the molecule is Cc1ccc(-c2csc(NC(=O)c3ccc(S(=O)(=O)N4CCC[C@H](C)C4)cc3)n2)o1. The number of carbonyl (C=O) groups excluding carboxylic acids is 1. The van der Waals surface area contributed by atoms with Crippen LogP contribution >= 0.6 is 11.3 Å². The zero-order valence-electron chi connectivity index (χ0n) is 16.8. The Morgan fingerprint density at radius 3 is 2.67 bits per heavy atom. The van der Waals surface area contributed by atoms with E-state index in [1.54, 1.807) is 0 Å². The second-order valence-electron chi connectivity index (χ2n) is 7.54. The van der Waals surface area contributed by atoms with Gasteiger partial charge in [-0.1, -0.05) is 6.92 Å². The average Bonchev–Trinajstić information content (AvgIpc) is 3.37. The van der Waals surface area contributed by atoms with Gasteiger partial charge >= 0.3 is 0 Å². The molecule has 1 atom stereocenters. The van der Waals surface area contributed by atoms with E-state index in [1.807, 2.05) is 24.4 Å². The van der Waals surface area contributed by atoms with Crippen molar-refractivity contribution in [3.63, 3.8) is 0 Å². The molecule has 1 aliphatic rings. The molecule has 1 N–H and O–H groups in total. The molecule has 1 fully saturated rings. The van der Waals surface area contributed by atoms with Crippen molar-refractivity contribution >= 4 is 32.4 Å². The number of amides is 1. The van der Waals surface area contributed by atoms with E-state index in [2.05, 4.69) is 17.2 Å². The van der Waals surface area contributed by atoms with E-state index in [0.29, 0.717) is 41.2 Å². The number of anilines is 1. The number of aromatic nitrogens is 1. The average molecular weight is 446 g/mol. The standard InChI is InChI=1S/C21H23N3O4S2/c1-14-4-3-11-24(12-14)30(26,27)17-8-6-16(7-9-17)20(25)23-21-22-18(13-29-21)19-10-5-15(2)28-19/h5-10,13-14H,3-4,11-12H2,1-2H3,(H,22,23,25)/t14-/m0/s1. The molecule has 3 heterocycles. The zero-order chi connectivity index (χ0) is 21.3. The van der Waals surface area contributed by atoms with E-state index in [1.165, 1.54) is 39.9 Å². The number of aryl methyl sites for hydroxylation is 1. The van der Waals surface area contributed by atoms with Gasteiger partial charge in [0.1, 0.15) is 11.5 Å². The van der Waals surface area contributed by atoms with Gasteiger partial charge in [-0.05, 0) is 62.1 Å². The van der Waals surface area contributed by atoms with Crippen LogP contribution in [0.5, 0.6) is 0 Å². The van der Waals surface area contributed by atoms with Crippen LogP contribution in [0, 0.1) is 12.8 Å². The fourth-order valence-electron chi connectivity index (χ4n) is 3.48. The highest BCUT2D eigenvalue weighted by molar-refractivity contribution is 7.89. The number of piperidine rings is 1. The lowest BCUT2D eigenvalue weighted by molar-refractivity contribution is 0.102. The van der Waals surface area contributed by atoms with Crippen molar-refractivity contribution in [1.82, 2.24) is 9.29 Å². The van der Waals surface area contributed by atoms with Gasteiger partial charge < -0.3 is 4.42 Å². The van der Waals surface area contributed by atoms with Crippen molar-refractivity contribution in [3.8, 4) is 11.5 Å². The number of thiazole rings is 1. The number of nitrogens with zero attached hydrogens (tertiary/aromatic N) is 2. The summed E-state index contributed by atoms with van der Waals surface area (Å²) >= 11 is 1.30. The Hall–Kier alpha value is -2.49. The predicted molar refractivity (Wildman–Crippen MR) is 116 cm³/mol. The Balaban J connectivity index is 1.45. The number of furan rings is 1. The van der Waals surface area contributed by atoms with Crippen LogP contribution in [0.1, 0.15) is 35.9 Å². The van der Waals surface area contributed by atoms with Crippen LogP contribution in [0.2, 0.25) is 0 Å². The fourth-order valence-corrected chi connectivity index (χ4v) is 5.77.